The van der Waals surface area contributed by atoms with Crippen molar-refractivity contribution in [1.82, 2.24) is 4.90 Å². The molecule has 5 nitrogen and oxygen atoms in total. The van der Waals surface area contributed by atoms with Crippen LogP contribution >= 0.6 is 11.6 Å². The third kappa shape index (κ3) is 3.70. The zero-order chi connectivity index (χ0) is 14.5. The summed E-state index contributed by atoms with van der Waals surface area (Å²) in [5.41, 5.74) is 1.40. The minimum atomic E-state index is -1.30. The van der Waals surface area contributed by atoms with Crippen LogP contribution in [0.2, 0.25) is 5.02 Å². The summed E-state index contributed by atoms with van der Waals surface area (Å²) in [5, 5.41) is 10.3. The first-order chi connectivity index (χ1) is 9.61. The van der Waals surface area contributed by atoms with Crippen LogP contribution in [0.3, 0.4) is 0 Å². The lowest BCUT2D eigenvalue weighted by Gasteiger charge is -2.27. The van der Waals surface area contributed by atoms with Crippen LogP contribution < -0.4 is 0 Å². The highest BCUT2D eigenvalue weighted by molar-refractivity contribution is 6.31. The molecule has 1 aliphatic heterocycles. The van der Waals surface area contributed by atoms with Gasteiger partial charge in [-0.2, -0.15) is 0 Å². The summed E-state index contributed by atoms with van der Waals surface area (Å²) in [7, 11) is 1.24. The summed E-state index contributed by atoms with van der Waals surface area (Å²) in [4.78, 5) is 13.5. The molecule has 0 saturated carbocycles. The molecule has 1 N–H and O–H groups in total. The van der Waals surface area contributed by atoms with Crippen molar-refractivity contribution < 1.29 is 19.4 Å². The van der Waals surface area contributed by atoms with Gasteiger partial charge in [-0.05, 0) is 17.2 Å². The number of aliphatic hydroxyl groups is 1. The van der Waals surface area contributed by atoms with Crippen LogP contribution in [0.4, 0.5) is 0 Å². The highest BCUT2D eigenvalue weighted by Crippen LogP contribution is 2.24. The van der Waals surface area contributed by atoms with E-state index in [1.807, 2.05) is 6.07 Å². The van der Waals surface area contributed by atoms with Crippen molar-refractivity contribution in [2.24, 2.45) is 0 Å². The standard InChI is InChI=1S/C14H18ClNO4/c1-19-14(18)13(17)10-2-3-11(12(15)8-10)9-16-4-6-20-7-5-16/h2-3,8,13,17H,4-7,9H2,1H3. The number of esters is 1. The fraction of sp³-hybridized carbons (Fsp3) is 0.500. The molecule has 0 aliphatic carbocycles. The number of methoxy groups -OCH3 is 1. The molecular formula is C14H18ClNO4. The molecule has 2 rings (SSSR count). The Morgan fingerprint density at radius 1 is 1.50 bits per heavy atom. The lowest BCUT2D eigenvalue weighted by molar-refractivity contribution is -0.150. The van der Waals surface area contributed by atoms with E-state index in [2.05, 4.69) is 9.64 Å². The van der Waals surface area contributed by atoms with Gasteiger partial charge in [-0.15, -0.1) is 0 Å². The number of carbonyl (C=O) groups is 1. The van der Waals surface area contributed by atoms with Crippen LogP contribution in [0.15, 0.2) is 18.2 Å². The van der Waals surface area contributed by atoms with Crippen molar-refractivity contribution in [2.75, 3.05) is 33.4 Å². The second-order valence-electron chi connectivity index (χ2n) is 4.67. The van der Waals surface area contributed by atoms with Crippen molar-refractivity contribution in [1.29, 1.82) is 0 Å². The average molecular weight is 300 g/mol. The van der Waals surface area contributed by atoms with Gasteiger partial charge in [-0.25, -0.2) is 4.79 Å². The topological polar surface area (TPSA) is 59.0 Å². The molecule has 1 heterocycles. The zero-order valence-corrected chi connectivity index (χ0v) is 12.1. The Morgan fingerprint density at radius 2 is 2.20 bits per heavy atom. The van der Waals surface area contributed by atoms with Crippen molar-refractivity contribution in [3.8, 4) is 0 Å². The van der Waals surface area contributed by atoms with Crippen LogP contribution in [-0.2, 0) is 20.8 Å². The molecule has 1 aromatic carbocycles. The first kappa shape index (κ1) is 15.3. The number of benzene rings is 1. The predicted molar refractivity (Wildman–Crippen MR) is 74.5 cm³/mol. The second-order valence-corrected chi connectivity index (χ2v) is 5.07. The Labute approximate surface area is 123 Å². The molecule has 0 radical (unpaired) electrons. The van der Waals surface area contributed by atoms with Gasteiger partial charge >= 0.3 is 5.97 Å². The van der Waals surface area contributed by atoms with E-state index < -0.39 is 12.1 Å². The number of rotatable bonds is 4. The monoisotopic (exact) mass is 299 g/mol. The number of hydrogen-bond donors (Lipinski definition) is 1. The van der Waals surface area contributed by atoms with E-state index in [0.29, 0.717) is 10.6 Å². The van der Waals surface area contributed by atoms with Gasteiger partial charge in [0.05, 0.1) is 20.3 Å². The van der Waals surface area contributed by atoms with Gasteiger partial charge in [-0.1, -0.05) is 23.7 Å². The molecule has 0 spiro atoms. The predicted octanol–water partition coefficient (Wildman–Crippen LogP) is 1.38. The second kappa shape index (κ2) is 7.04. The first-order valence-corrected chi connectivity index (χ1v) is 6.84. The molecule has 20 heavy (non-hydrogen) atoms. The third-order valence-corrected chi connectivity index (χ3v) is 3.67. The van der Waals surface area contributed by atoms with E-state index in [9.17, 15) is 9.90 Å². The van der Waals surface area contributed by atoms with Crippen LogP contribution in [0, 0.1) is 0 Å². The van der Waals surface area contributed by atoms with Gasteiger partial charge < -0.3 is 14.6 Å². The molecule has 1 fully saturated rings. The summed E-state index contributed by atoms with van der Waals surface area (Å²) in [6, 6.07) is 5.14. The number of carbonyl (C=O) groups excluding carboxylic acids is 1. The third-order valence-electron chi connectivity index (χ3n) is 3.31. The maximum absolute atomic E-state index is 11.3. The minimum Gasteiger partial charge on any atom is -0.467 e. The van der Waals surface area contributed by atoms with E-state index in [-0.39, 0.29) is 0 Å². The summed E-state index contributed by atoms with van der Waals surface area (Å²) in [6.45, 7) is 3.95. The number of nitrogens with zero attached hydrogens (tertiary/aromatic N) is 1. The van der Waals surface area contributed by atoms with E-state index in [1.165, 1.54) is 7.11 Å². The fourth-order valence-corrected chi connectivity index (χ4v) is 2.36. The first-order valence-electron chi connectivity index (χ1n) is 6.46. The molecular weight excluding hydrogens is 282 g/mol. The molecule has 1 aromatic rings. The maximum atomic E-state index is 11.3. The summed E-state index contributed by atoms with van der Waals surface area (Å²) in [5.74, 6) is -0.693. The lowest BCUT2D eigenvalue weighted by Crippen LogP contribution is -2.35. The van der Waals surface area contributed by atoms with Gasteiger partial charge in [0.1, 0.15) is 0 Å². The average Bonchev–Trinajstić information content (AvgIpc) is 2.48. The number of aliphatic hydroxyl groups excluding tert-OH is 1. The van der Waals surface area contributed by atoms with Gasteiger partial charge in [0.15, 0.2) is 6.10 Å². The summed E-state index contributed by atoms with van der Waals surface area (Å²) >= 11 is 6.22. The van der Waals surface area contributed by atoms with E-state index >= 15 is 0 Å². The Bertz CT molecular complexity index is 474. The van der Waals surface area contributed by atoms with E-state index in [1.54, 1.807) is 12.1 Å². The van der Waals surface area contributed by atoms with Crippen LogP contribution in [0.5, 0.6) is 0 Å². The molecule has 1 aliphatic rings. The highest BCUT2D eigenvalue weighted by atomic mass is 35.5. The molecule has 1 atom stereocenters. The highest BCUT2D eigenvalue weighted by Gasteiger charge is 2.19. The molecule has 1 saturated heterocycles. The zero-order valence-electron chi connectivity index (χ0n) is 11.3. The quantitative estimate of drug-likeness (QED) is 0.851. The van der Waals surface area contributed by atoms with Crippen molar-refractivity contribution in [3.63, 3.8) is 0 Å². The number of ether oxygens (including phenoxy) is 2. The van der Waals surface area contributed by atoms with E-state index in [0.717, 1.165) is 38.4 Å². The van der Waals surface area contributed by atoms with Crippen molar-refractivity contribution in [2.45, 2.75) is 12.6 Å². The Hall–Kier alpha value is -1.14. The molecule has 0 aromatic heterocycles. The summed E-state index contributed by atoms with van der Waals surface area (Å²) < 4.78 is 9.80. The van der Waals surface area contributed by atoms with Crippen LogP contribution in [0.1, 0.15) is 17.2 Å². The van der Waals surface area contributed by atoms with E-state index in [4.69, 9.17) is 16.3 Å². The molecule has 110 valence electrons. The van der Waals surface area contributed by atoms with Gasteiger partial charge in [0.25, 0.3) is 0 Å². The van der Waals surface area contributed by atoms with Crippen molar-refractivity contribution >= 4 is 17.6 Å². The van der Waals surface area contributed by atoms with Crippen LogP contribution in [-0.4, -0.2) is 49.4 Å². The minimum absolute atomic E-state index is 0.438. The largest absolute Gasteiger partial charge is 0.467 e. The number of halogens is 1. The Morgan fingerprint density at radius 3 is 2.80 bits per heavy atom. The maximum Gasteiger partial charge on any atom is 0.339 e. The van der Waals surface area contributed by atoms with Crippen LogP contribution in [0.25, 0.3) is 0 Å². The molecule has 0 bridgehead atoms. The lowest BCUT2D eigenvalue weighted by atomic mass is 10.1. The Kier molecular flexibility index (Phi) is 5.37. The fourth-order valence-electron chi connectivity index (χ4n) is 2.11. The SMILES string of the molecule is COC(=O)C(O)c1ccc(CN2CCOCC2)c(Cl)c1. The summed E-state index contributed by atoms with van der Waals surface area (Å²) in [6.07, 6.45) is -1.30. The molecule has 6 heteroatoms. The normalized spacial score (nSPS) is 17.8. The van der Waals surface area contributed by atoms with Crippen molar-refractivity contribution in [3.05, 3.63) is 34.3 Å². The van der Waals surface area contributed by atoms with Gasteiger partial charge in [-0.3, -0.25) is 4.90 Å². The number of hydrogen-bond acceptors (Lipinski definition) is 5. The molecule has 0 amide bonds. The smallest absolute Gasteiger partial charge is 0.339 e. The molecule has 1 unspecified atom stereocenters. The Balaban J connectivity index is 2.07. The number of morpholine rings is 1. The van der Waals surface area contributed by atoms with Gasteiger partial charge in [0, 0.05) is 24.7 Å². The van der Waals surface area contributed by atoms with Gasteiger partial charge in [0.2, 0.25) is 0 Å².